The first-order valence-corrected chi connectivity index (χ1v) is 9.61. The topological polar surface area (TPSA) is 107 Å². The van der Waals surface area contributed by atoms with Crippen LogP contribution in [0.15, 0.2) is 21.7 Å². The Morgan fingerprint density at radius 2 is 2.07 bits per heavy atom. The Hall–Kier alpha value is -1.88. The Morgan fingerprint density at radius 1 is 1.37 bits per heavy atom. The number of furan rings is 1. The zero-order valence-corrected chi connectivity index (χ0v) is 17.2. The van der Waals surface area contributed by atoms with E-state index in [9.17, 15) is 13.2 Å². The summed E-state index contributed by atoms with van der Waals surface area (Å²) in [5.41, 5.74) is -0.0536. The lowest BCUT2D eigenvalue weighted by atomic mass is 10.2. The largest absolute Gasteiger partial charge is 0.465 e. The summed E-state index contributed by atoms with van der Waals surface area (Å²) in [6.07, 6.45) is 3.39. The first kappa shape index (κ1) is 21.4. The Kier molecular flexibility index (Phi) is 6.35. The number of imidazole rings is 1. The highest BCUT2D eigenvalue weighted by Crippen LogP contribution is 2.34. The van der Waals surface area contributed by atoms with Crippen molar-refractivity contribution in [3.05, 3.63) is 35.3 Å². The number of carbonyl (C=O) groups excluding carboxylic acids is 1. The first-order valence-electron chi connectivity index (χ1n) is 8.17. The summed E-state index contributed by atoms with van der Waals surface area (Å²) in [6, 6.07) is -0.492. The Bertz CT molecular complexity index is 937. The van der Waals surface area contributed by atoms with Gasteiger partial charge in [0.2, 0.25) is 10.0 Å². The number of esters is 1. The number of methoxy groups -OCH3 is 1. The molecule has 27 heavy (non-hydrogen) atoms. The van der Waals surface area contributed by atoms with E-state index >= 15 is 0 Å². The van der Waals surface area contributed by atoms with Crippen LogP contribution in [0.3, 0.4) is 0 Å². The molecule has 0 amide bonds. The minimum absolute atomic E-state index is 0. The van der Waals surface area contributed by atoms with Crippen LogP contribution < -0.4 is 5.32 Å². The van der Waals surface area contributed by atoms with E-state index in [-0.39, 0.29) is 40.9 Å². The molecule has 1 fully saturated rings. The zero-order valence-electron chi connectivity index (χ0n) is 15.6. The first-order chi connectivity index (χ1) is 12.3. The van der Waals surface area contributed by atoms with E-state index in [1.165, 1.54) is 18.3 Å². The monoisotopic (exact) mass is 418 g/mol. The number of halogens is 1. The van der Waals surface area contributed by atoms with Crippen LogP contribution in [0.2, 0.25) is 0 Å². The summed E-state index contributed by atoms with van der Waals surface area (Å²) in [5, 5.41) is 3.20. The second-order valence-corrected chi connectivity index (χ2v) is 7.97. The van der Waals surface area contributed by atoms with E-state index in [1.807, 2.05) is 7.05 Å². The van der Waals surface area contributed by atoms with Gasteiger partial charge >= 0.3 is 5.97 Å². The van der Waals surface area contributed by atoms with Crippen LogP contribution in [0.4, 0.5) is 0 Å². The Morgan fingerprint density at radius 3 is 2.67 bits per heavy atom. The lowest BCUT2D eigenvalue weighted by molar-refractivity contribution is 0.0594. The molecule has 0 aliphatic carbocycles. The molecule has 150 valence electrons. The molecule has 0 spiro atoms. The van der Waals surface area contributed by atoms with Crippen LogP contribution in [0.5, 0.6) is 0 Å². The van der Waals surface area contributed by atoms with Crippen molar-refractivity contribution in [3.8, 4) is 0 Å². The SMILES string of the molecule is COC(=O)c1c(C)oc(C)c1S(=O)(=O)N1CCNCC1c1nccn1C.Cl. The number of carbonyl (C=O) groups is 1. The van der Waals surface area contributed by atoms with Crippen molar-refractivity contribution >= 4 is 28.4 Å². The third-order valence-electron chi connectivity index (χ3n) is 4.51. The van der Waals surface area contributed by atoms with Gasteiger partial charge < -0.3 is 19.0 Å². The van der Waals surface area contributed by atoms with E-state index in [0.717, 1.165) is 0 Å². The van der Waals surface area contributed by atoms with Crippen LogP contribution in [-0.4, -0.2) is 55.0 Å². The normalized spacial score (nSPS) is 18.1. The lowest BCUT2D eigenvalue weighted by Crippen LogP contribution is -2.49. The number of nitrogens with zero attached hydrogens (tertiary/aromatic N) is 3. The zero-order chi connectivity index (χ0) is 19.1. The van der Waals surface area contributed by atoms with Crippen molar-refractivity contribution in [3.63, 3.8) is 0 Å². The maximum Gasteiger partial charge on any atom is 0.342 e. The second-order valence-electron chi connectivity index (χ2n) is 6.14. The number of ether oxygens (including phenoxy) is 1. The number of sulfonamides is 1. The fourth-order valence-electron chi connectivity index (χ4n) is 3.32. The van der Waals surface area contributed by atoms with Gasteiger partial charge in [-0.2, -0.15) is 4.31 Å². The molecular weight excluding hydrogens is 396 g/mol. The van der Waals surface area contributed by atoms with Crippen LogP contribution in [0.1, 0.15) is 33.7 Å². The summed E-state index contributed by atoms with van der Waals surface area (Å²) in [5.74, 6) is 0.275. The molecule has 2 aromatic rings. The molecule has 0 aromatic carbocycles. The molecule has 3 heterocycles. The number of hydrogen-bond donors (Lipinski definition) is 1. The van der Waals surface area contributed by atoms with Crippen molar-refractivity contribution < 1.29 is 22.4 Å². The average molecular weight is 419 g/mol. The molecule has 1 atom stereocenters. The van der Waals surface area contributed by atoms with Gasteiger partial charge in [-0.1, -0.05) is 0 Å². The highest BCUT2D eigenvalue weighted by Gasteiger charge is 2.41. The molecule has 11 heteroatoms. The Balaban J connectivity index is 0.00000261. The maximum absolute atomic E-state index is 13.5. The summed E-state index contributed by atoms with van der Waals surface area (Å²) in [4.78, 5) is 16.3. The van der Waals surface area contributed by atoms with Crippen molar-refractivity contribution in [1.29, 1.82) is 0 Å². The van der Waals surface area contributed by atoms with Crippen LogP contribution in [0, 0.1) is 13.8 Å². The van der Waals surface area contributed by atoms with E-state index < -0.39 is 22.0 Å². The van der Waals surface area contributed by atoms with Gasteiger partial charge in [0.15, 0.2) is 0 Å². The molecule has 1 aliphatic heterocycles. The van der Waals surface area contributed by atoms with Crippen molar-refractivity contribution in [2.24, 2.45) is 7.05 Å². The van der Waals surface area contributed by atoms with Gasteiger partial charge in [-0.25, -0.2) is 18.2 Å². The number of nitrogens with one attached hydrogen (secondary N) is 1. The van der Waals surface area contributed by atoms with Gasteiger partial charge in [-0.15, -0.1) is 12.4 Å². The number of hydrogen-bond acceptors (Lipinski definition) is 7. The second kappa shape index (κ2) is 8.01. The molecule has 1 saturated heterocycles. The smallest absolute Gasteiger partial charge is 0.342 e. The van der Waals surface area contributed by atoms with E-state index in [0.29, 0.717) is 18.9 Å². The third-order valence-corrected chi connectivity index (χ3v) is 6.57. The number of rotatable bonds is 4. The molecule has 0 bridgehead atoms. The Labute approximate surface area is 164 Å². The third kappa shape index (κ3) is 3.62. The fourth-order valence-corrected chi connectivity index (χ4v) is 5.28. The van der Waals surface area contributed by atoms with Gasteiger partial charge in [-0.05, 0) is 13.8 Å². The molecule has 1 aliphatic rings. The van der Waals surface area contributed by atoms with Crippen LogP contribution in [0.25, 0.3) is 0 Å². The number of piperazine rings is 1. The van der Waals surface area contributed by atoms with Gasteiger partial charge in [0.05, 0.1) is 13.2 Å². The molecule has 9 nitrogen and oxygen atoms in total. The highest BCUT2D eigenvalue weighted by atomic mass is 35.5. The van der Waals surface area contributed by atoms with E-state index in [4.69, 9.17) is 9.15 Å². The summed E-state index contributed by atoms with van der Waals surface area (Å²) >= 11 is 0. The highest BCUT2D eigenvalue weighted by molar-refractivity contribution is 7.89. The van der Waals surface area contributed by atoms with Gasteiger partial charge in [0, 0.05) is 39.1 Å². The summed E-state index contributed by atoms with van der Waals surface area (Å²) in [6.45, 7) is 4.26. The number of aromatic nitrogens is 2. The quantitative estimate of drug-likeness (QED) is 0.742. The van der Waals surface area contributed by atoms with Crippen LogP contribution >= 0.6 is 12.4 Å². The van der Waals surface area contributed by atoms with Gasteiger partial charge in [0.1, 0.15) is 27.8 Å². The average Bonchev–Trinajstić information content (AvgIpc) is 3.16. The van der Waals surface area contributed by atoms with Crippen molar-refractivity contribution in [2.45, 2.75) is 24.8 Å². The van der Waals surface area contributed by atoms with E-state index in [1.54, 1.807) is 23.9 Å². The molecule has 1 unspecified atom stereocenters. The molecule has 0 saturated carbocycles. The summed E-state index contributed by atoms with van der Waals surface area (Å²) in [7, 11) is -0.980. The van der Waals surface area contributed by atoms with Gasteiger partial charge in [-0.3, -0.25) is 0 Å². The van der Waals surface area contributed by atoms with Gasteiger partial charge in [0.25, 0.3) is 0 Å². The van der Waals surface area contributed by atoms with Crippen LogP contribution in [-0.2, 0) is 21.8 Å². The molecule has 1 N–H and O–H groups in total. The van der Waals surface area contributed by atoms with Crippen molar-refractivity contribution in [2.75, 3.05) is 26.7 Å². The van der Waals surface area contributed by atoms with Crippen molar-refractivity contribution in [1.82, 2.24) is 19.2 Å². The molecule has 3 rings (SSSR count). The van der Waals surface area contributed by atoms with E-state index in [2.05, 4.69) is 10.3 Å². The predicted molar refractivity (Wildman–Crippen MR) is 99.5 cm³/mol. The molecular formula is C16H23ClN4O5S. The predicted octanol–water partition coefficient (Wildman–Crippen LogP) is 1.17. The minimum Gasteiger partial charge on any atom is -0.465 e. The standard InChI is InChI=1S/C16H22N4O5S.ClH/c1-10-13(16(21)24-4)14(11(2)25-10)26(22,23)20-8-5-17-9-12(20)15-18-6-7-19(15)3;/h6-7,12,17H,5,8-9H2,1-4H3;1H. The lowest BCUT2D eigenvalue weighted by Gasteiger charge is -2.34. The molecule has 0 radical (unpaired) electrons. The fraction of sp³-hybridized carbons (Fsp3) is 0.500. The number of aryl methyl sites for hydroxylation is 3. The maximum atomic E-state index is 13.5. The minimum atomic E-state index is -4.00. The summed E-state index contributed by atoms with van der Waals surface area (Å²) < 4.78 is 40.3. The molecule has 2 aromatic heterocycles.